The number of benzene rings is 1. The van der Waals surface area contributed by atoms with Gasteiger partial charge in [-0.1, -0.05) is 26.0 Å². The lowest BCUT2D eigenvalue weighted by atomic mass is 9.99. The molecule has 176 valence electrons. The molecule has 3 aromatic rings. The number of hydrogen-bond acceptors (Lipinski definition) is 5. The predicted molar refractivity (Wildman–Crippen MR) is 126 cm³/mol. The average molecular weight is 462 g/mol. The first-order valence-electron chi connectivity index (χ1n) is 11.3. The number of carbonyl (C=O) groups excluding carboxylic acids is 3. The Morgan fingerprint density at radius 1 is 1.09 bits per heavy atom. The lowest BCUT2D eigenvalue weighted by Crippen LogP contribution is -2.53. The van der Waals surface area contributed by atoms with Crippen molar-refractivity contribution in [1.29, 1.82) is 0 Å². The number of nitrogens with one attached hydrogen (secondary N) is 1. The van der Waals surface area contributed by atoms with Crippen molar-refractivity contribution in [1.82, 2.24) is 14.8 Å². The van der Waals surface area contributed by atoms with Crippen LogP contribution in [0.3, 0.4) is 0 Å². The van der Waals surface area contributed by atoms with Gasteiger partial charge in [0.25, 0.3) is 11.8 Å². The molecule has 0 unspecified atom stereocenters. The zero-order valence-electron chi connectivity index (χ0n) is 19.2. The molecule has 0 spiro atoms. The van der Waals surface area contributed by atoms with Gasteiger partial charge in [0.1, 0.15) is 23.7 Å². The number of nitrogens with zero attached hydrogens (tertiary/aromatic N) is 2. The number of aromatic nitrogens is 1. The van der Waals surface area contributed by atoms with E-state index in [1.54, 1.807) is 18.2 Å². The van der Waals surface area contributed by atoms with Crippen molar-refractivity contribution in [3.63, 3.8) is 0 Å². The van der Waals surface area contributed by atoms with E-state index in [0.717, 1.165) is 17.1 Å². The van der Waals surface area contributed by atoms with Crippen LogP contribution in [-0.4, -0.2) is 33.9 Å². The summed E-state index contributed by atoms with van der Waals surface area (Å²) < 4.78 is 13.0. The number of furan rings is 1. The highest BCUT2D eigenvalue weighted by Crippen LogP contribution is 2.22. The van der Waals surface area contributed by atoms with Crippen LogP contribution in [-0.2, 0) is 22.7 Å². The summed E-state index contributed by atoms with van der Waals surface area (Å²) >= 11 is 0. The van der Waals surface area contributed by atoms with Gasteiger partial charge in [-0.05, 0) is 60.4 Å². The standard InChI is InChI=1S/C26H27N3O5/c1-3-18(2)19-8-10-21(11-9-19)34-15-13-28-12-4-6-20(28)16-23-24(30)27-26(32)29(25(23)31)17-22-7-5-14-33-22/h4-12,14,16,18H,3,13,15,17H2,1-2H3,(H,27,30,32)/b23-16-/t18-/m1/s1. The Labute approximate surface area is 197 Å². The lowest BCUT2D eigenvalue weighted by Gasteiger charge is -2.25. The van der Waals surface area contributed by atoms with E-state index in [0.29, 0.717) is 30.5 Å². The molecule has 2 aromatic heterocycles. The van der Waals surface area contributed by atoms with Crippen LogP contribution in [0.2, 0.25) is 0 Å². The summed E-state index contributed by atoms with van der Waals surface area (Å²) in [4.78, 5) is 38.4. The van der Waals surface area contributed by atoms with Gasteiger partial charge in [0, 0.05) is 11.9 Å². The maximum absolute atomic E-state index is 12.9. The van der Waals surface area contributed by atoms with Gasteiger partial charge in [0.05, 0.1) is 19.4 Å². The van der Waals surface area contributed by atoms with E-state index in [1.165, 1.54) is 17.9 Å². The van der Waals surface area contributed by atoms with Gasteiger partial charge in [0.15, 0.2) is 0 Å². The third-order valence-electron chi connectivity index (χ3n) is 5.90. The molecule has 1 saturated heterocycles. The highest BCUT2D eigenvalue weighted by atomic mass is 16.5. The van der Waals surface area contributed by atoms with Gasteiger partial charge < -0.3 is 13.7 Å². The summed E-state index contributed by atoms with van der Waals surface area (Å²) in [6.45, 7) is 5.23. The molecule has 0 radical (unpaired) electrons. The molecule has 0 saturated carbocycles. The Morgan fingerprint density at radius 3 is 2.59 bits per heavy atom. The Bertz CT molecular complexity index is 1190. The largest absolute Gasteiger partial charge is 0.492 e. The normalized spacial score (nSPS) is 16.1. The van der Waals surface area contributed by atoms with Crippen LogP contribution in [0.5, 0.6) is 5.75 Å². The summed E-state index contributed by atoms with van der Waals surface area (Å²) in [5, 5.41) is 2.22. The minimum Gasteiger partial charge on any atom is -0.492 e. The minimum absolute atomic E-state index is 0.0625. The van der Waals surface area contributed by atoms with E-state index in [-0.39, 0.29) is 12.1 Å². The first-order chi connectivity index (χ1) is 16.5. The maximum atomic E-state index is 12.9. The molecular weight excluding hydrogens is 434 g/mol. The van der Waals surface area contributed by atoms with Crippen LogP contribution in [0.1, 0.15) is 43.2 Å². The SMILES string of the molecule is CC[C@@H](C)c1ccc(OCCn2cccc2/C=C2/C(=O)NC(=O)N(Cc3ccco3)C2=O)cc1. The van der Waals surface area contributed by atoms with Crippen LogP contribution >= 0.6 is 0 Å². The summed E-state index contributed by atoms with van der Waals surface area (Å²) in [6, 6.07) is 14.3. The van der Waals surface area contributed by atoms with Crippen LogP contribution in [0.4, 0.5) is 4.79 Å². The van der Waals surface area contributed by atoms with Crippen molar-refractivity contribution in [3.05, 3.63) is 83.6 Å². The number of hydrogen-bond donors (Lipinski definition) is 1. The van der Waals surface area contributed by atoms with Crippen molar-refractivity contribution in [2.45, 2.75) is 39.3 Å². The smallest absolute Gasteiger partial charge is 0.331 e. The van der Waals surface area contributed by atoms with Crippen molar-refractivity contribution >= 4 is 23.9 Å². The average Bonchev–Trinajstić information content (AvgIpc) is 3.51. The third kappa shape index (κ3) is 5.11. The fourth-order valence-corrected chi connectivity index (χ4v) is 3.70. The van der Waals surface area contributed by atoms with E-state index in [1.807, 2.05) is 29.0 Å². The molecule has 1 N–H and O–H groups in total. The first kappa shape index (κ1) is 23.1. The molecule has 1 aliphatic heterocycles. The van der Waals surface area contributed by atoms with E-state index < -0.39 is 17.8 Å². The molecule has 0 aliphatic carbocycles. The van der Waals surface area contributed by atoms with Gasteiger partial charge in [0.2, 0.25) is 0 Å². The lowest BCUT2D eigenvalue weighted by molar-refractivity contribution is -0.130. The highest BCUT2D eigenvalue weighted by molar-refractivity contribution is 6.30. The molecule has 8 heteroatoms. The van der Waals surface area contributed by atoms with Gasteiger partial charge in [-0.15, -0.1) is 0 Å². The second kappa shape index (κ2) is 10.2. The van der Waals surface area contributed by atoms with Crippen LogP contribution < -0.4 is 10.1 Å². The Kier molecular flexibility index (Phi) is 6.96. The molecule has 34 heavy (non-hydrogen) atoms. The fraction of sp³-hybridized carbons (Fsp3) is 0.269. The summed E-state index contributed by atoms with van der Waals surface area (Å²) in [5.41, 5.74) is 1.82. The van der Waals surface area contributed by atoms with Gasteiger partial charge in [-0.3, -0.25) is 19.8 Å². The van der Waals surface area contributed by atoms with Gasteiger partial charge in [-0.2, -0.15) is 0 Å². The zero-order valence-corrected chi connectivity index (χ0v) is 19.2. The van der Waals surface area contributed by atoms with Crippen molar-refractivity contribution in [2.75, 3.05) is 6.61 Å². The molecule has 3 heterocycles. The molecule has 0 bridgehead atoms. The third-order valence-corrected chi connectivity index (χ3v) is 5.90. The number of amides is 4. The second-order valence-corrected chi connectivity index (χ2v) is 8.14. The molecule has 4 rings (SSSR count). The monoisotopic (exact) mass is 461 g/mol. The Balaban J connectivity index is 1.42. The number of urea groups is 1. The van der Waals surface area contributed by atoms with Crippen molar-refractivity contribution in [3.8, 4) is 5.75 Å². The number of imide groups is 2. The molecule has 1 atom stereocenters. The second-order valence-electron chi connectivity index (χ2n) is 8.14. The zero-order chi connectivity index (χ0) is 24.1. The summed E-state index contributed by atoms with van der Waals surface area (Å²) in [7, 11) is 0. The van der Waals surface area contributed by atoms with E-state index in [9.17, 15) is 14.4 Å². The Morgan fingerprint density at radius 2 is 1.88 bits per heavy atom. The molecule has 1 aromatic carbocycles. The van der Waals surface area contributed by atoms with Crippen molar-refractivity contribution in [2.24, 2.45) is 0 Å². The minimum atomic E-state index is -0.772. The molecular formula is C26H27N3O5. The van der Waals surface area contributed by atoms with Gasteiger partial charge >= 0.3 is 6.03 Å². The number of barbiturate groups is 1. The number of carbonyl (C=O) groups is 3. The molecule has 4 amide bonds. The van der Waals surface area contributed by atoms with E-state index in [2.05, 4.69) is 31.3 Å². The van der Waals surface area contributed by atoms with Crippen molar-refractivity contribution < 1.29 is 23.5 Å². The molecule has 1 fully saturated rings. The van der Waals surface area contributed by atoms with Crippen LogP contribution in [0.15, 0.2) is 71.0 Å². The highest BCUT2D eigenvalue weighted by Gasteiger charge is 2.36. The van der Waals surface area contributed by atoms with Crippen LogP contribution in [0.25, 0.3) is 6.08 Å². The van der Waals surface area contributed by atoms with Gasteiger partial charge in [-0.25, -0.2) is 4.79 Å². The summed E-state index contributed by atoms with van der Waals surface area (Å²) in [5.74, 6) is 0.337. The quantitative estimate of drug-likeness (QED) is 0.378. The topological polar surface area (TPSA) is 93.8 Å². The first-order valence-corrected chi connectivity index (χ1v) is 11.3. The van der Waals surface area contributed by atoms with E-state index >= 15 is 0 Å². The fourth-order valence-electron chi connectivity index (χ4n) is 3.70. The predicted octanol–water partition coefficient (Wildman–Crippen LogP) is 4.34. The molecule has 8 nitrogen and oxygen atoms in total. The maximum Gasteiger partial charge on any atom is 0.331 e. The number of ether oxygens (including phenoxy) is 1. The van der Waals surface area contributed by atoms with Crippen LogP contribution in [0, 0.1) is 0 Å². The Hall–Kier alpha value is -4.07. The van der Waals surface area contributed by atoms with E-state index in [4.69, 9.17) is 9.15 Å². The summed E-state index contributed by atoms with van der Waals surface area (Å²) in [6.07, 6.45) is 5.87. The number of rotatable bonds is 9. The molecule has 1 aliphatic rings.